The third-order valence-electron chi connectivity index (χ3n) is 3.66. The van der Waals surface area contributed by atoms with Gasteiger partial charge in [-0.1, -0.05) is 6.92 Å². The van der Waals surface area contributed by atoms with Crippen LogP contribution in [0.15, 0.2) is 12.1 Å². The number of nitrogens with two attached hydrogens (primary N) is 1. The zero-order chi connectivity index (χ0) is 15.4. The first-order valence-electron chi connectivity index (χ1n) is 7.33. The number of nitrogens with zero attached hydrogens (tertiary/aromatic N) is 2. The predicted molar refractivity (Wildman–Crippen MR) is 83.4 cm³/mol. The molecule has 21 heavy (non-hydrogen) atoms. The first kappa shape index (κ1) is 15.4. The average Bonchev–Trinajstić information content (AvgIpc) is 3.29. The van der Waals surface area contributed by atoms with Gasteiger partial charge in [0.1, 0.15) is 5.82 Å². The van der Waals surface area contributed by atoms with Gasteiger partial charge < -0.3 is 20.7 Å². The van der Waals surface area contributed by atoms with E-state index < -0.39 is 0 Å². The van der Waals surface area contributed by atoms with Crippen LogP contribution in [-0.4, -0.2) is 38.1 Å². The number of nitrogens with one attached hydrogen (secondary N) is 1. The summed E-state index contributed by atoms with van der Waals surface area (Å²) in [5.74, 6) is 1.79. The van der Waals surface area contributed by atoms with E-state index in [1.807, 2.05) is 24.9 Å². The van der Waals surface area contributed by atoms with Crippen LogP contribution in [-0.2, 0) is 4.79 Å². The molecule has 3 N–H and O–H groups in total. The summed E-state index contributed by atoms with van der Waals surface area (Å²) in [6.45, 7) is 3.15. The van der Waals surface area contributed by atoms with Crippen LogP contribution in [0, 0.1) is 11.8 Å². The fraction of sp³-hybridized carbons (Fsp3) is 0.600. The van der Waals surface area contributed by atoms with Gasteiger partial charge in [-0.15, -0.1) is 0 Å². The maximum absolute atomic E-state index is 11.6. The zero-order valence-electron chi connectivity index (χ0n) is 12.9. The molecule has 1 fully saturated rings. The first-order valence-corrected chi connectivity index (χ1v) is 7.33. The molecule has 116 valence electrons. The molecule has 1 aromatic rings. The number of hydrogen-bond donors (Lipinski definition) is 2. The van der Waals surface area contributed by atoms with Crippen molar-refractivity contribution in [3.63, 3.8) is 0 Å². The second kappa shape index (κ2) is 6.65. The monoisotopic (exact) mass is 292 g/mol. The second-order valence-electron chi connectivity index (χ2n) is 5.71. The standard InChI is InChI=1S/C15H24N4O2/c1-10(14(20)17-2)8-19(3)13-7-6-12(16)15(18-13)21-9-11-4-5-11/h6-7,10-11H,4-5,8-9,16H2,1-3H3,(H,17,20). The van der Waals surface area contributed by atoms with Crippen LogP contribution in [0.25, 0.3) is 0 Å². The lowest BCUT2D eigenvalue weighted by atomic mass is 10.1. The summed E-state index contributed by atoms with van der Waals surface area (Å²) in [5.41, 5.74) is 6.45. The van der Waals surface area contributed by atoms with E-state index in [-0.39, 0.29) is 11.8 Å². The number of carbonyl (C=O) groups is 1. The van der Waals surface area contributed by atoms with E-state index in [1.54, 1.807) is 13.1 Å². The van der Waals surface area contributed by atoms with Crippen molar-refractivity contribution in [2.45, 2.75) is 19.8 Å². The first-order chi connectivity index (χ1) is 10.0. The summed E-state index contributed by atoms with van der Waals surface area (Å²) in [6, 6.07) is 3.64. The Morgan fingerprint density at radius 1 is 1.57 bits per heavy atom. The van der Waals surface area contributed by atoms with E-state index in [1.165, 1.54) is 12.8 Å². The Morgan fingerprint density at radius 2 is 2.29 bits per heavy atom. The van der Waals surface area contributed by atoms with Gasteiger partial charge in [-0.05, 0) is 30.9 Å². The number of pyridine rings is 1. The van der Waals surface area contributed by atoms with E-state index in [4.69, 9.17) is 10.5 Å². The number of ether oxygens (including phenoxy) is 1. The van der Waals surface area contributed by atoms with Gasteiger partial charge in [0.05, 0.1) is 18.2 Å². The molecule has 0 radical (unpaired) electrons. The SMILES string of the molecule is CNC(=O)C(C)CN(C)c1ccc(N)c(OCC2CC2)n1. The predicted octanol–water partition coefficient (Wildman–Crippen LogP) is 1.27. The highest BCUT2D eigenvalue weighted by atomic mass is 16.5. The van der Waals surface area contributed by atoms with Crippen LogP contribution in [0.3, 0.4) is 0 Å². The molecule has 1 saturated carbocycles. The molecule has 0 saturated heterocycles. The molecule has 0 spiro atoms. The lowest BCUT2D eigenvalue weighted by Gasteiger charge is -2.22. The lowest BCUT2D eigenvalue weighted by Crippen LogP contribution is -2.34. The Morgan fingerprint density at radius 3 is 2.90 bits per heavy atom. The third-order valence-corrected chi connectivity index (χ3v) is 3.66. The number of anilines is 2. The summed E-state index contributed by atoms with van der Waals surface area (Å²) in [5, 5.41) is 2.65. The molecule has 0 aromatic carbocycles. The fourth-order valence-electron chi connectivity index (χ4n) is 2.08. The summed E-state index contributed by atoms with van der Waals surface area (Å²) >= 11 is 0. The third kappa shape index (κ3) is 4.24. The van der Waals surface area contributed by atoms with Crippen molar-refractivity contribution in [3.8, 4) is 5.88 Å². The highest BCUT2D eigenvalue weighted by molar-refractivity contribution is 5.78. The summed E-state index contributed by atoms with van der Waals surface area (Å²) in [4.78, 5) is 18.0. The van der Waals surface area contributed by atoms with Crippen molar-refractivity contribution in [2.75, 3.05) is 37.9 Å². The Bertz CT molecular complexity index is 502. The lowest BCUT2D eigenvalue weighted by molar-refractivity contribution is -0.123. The van der Waals surface area contributed by atoms with Gasteiger partial charge in [-0.2, -0.15) is 4.98 Å². The van der Waals surface area contributed by atoms with E-state index >= 15 is 0 Å². The largest absolute Gasteiger partial charge is 0.476 e. The van der Waals surface area contributed by atoms with E-state index in [9.17, 15) is 4.79 Å². The number of carbonyl (C=O) groups excluding carboxylic acids is 1. The van der Waals surface area contributed by atoms with Crippen LogP contribution < -0.4 is 20.7 Å². The number of aromatic nitrogens is 1. The quantitative estimate of drug-likeness (QED) is 0.791. The van der Waals surface area contributed by atoms with Crippen molar-refractivity contribution in [1.82, 2.24) is 10.3 Å². The maximum atomic E-state index is 11.6. The normalized spacial score (nSPS) is 15.4. The minimum atomic E-state index is -0.116. The van der Waals surface area contributed by atoms with Crippen LogP contribution in [0.5, 0.6) is 5.88 Å². The Labute approximate surface area is 125 Å². The van der Waals surface area contributed by atoms with Crippen molar-refractivity contribution in [2.24, 2.45) is 11.8 Å². The molecule has 1 aliphatic rings. The van der Waals surface area contributed by atoms with Gasteiger partial charge in [0.2, 0.25) is 11.8 Å². The number of rotatable bonds is 7. The molecular formula is C15H24N4O2. The van der Waals surface area contributed by atoms with Gasteiger partial charge in [0, 0.05) is 20.6 Å². The molecule has 1 aromatic heterocycles. The number of nitrogen functional groups attached to an aromatic ring is 1. The number of hydrogen-bond acceptors (Lipinski definition) is 5. The molecule has 6 nitrogen and oxygen atoms in total. The zero-order valence-corrected chi connectivity index (χ0v) is 12.9. The smallest absolute Gasteiger partial charge is 0.239 e. The fourth-order valence-corrected chi connectivity index (χ4v) is 2.08. The van der Waals surface area contributed by atoms with Crippen LogP contribution in [0.2, 0.25) is 0 Å². The van der Waals surface area contributed by atoms with Crippen LogP contribution >= 0.6 is 0 Å². The molecule has 1 amide bonds. The van der Waals surface area contributed by atoms with Gasteiger partial charge in [0.15, 0.2) is 0 Å². The minimum absolute atomic E-state index is 0.0162. The van der Waals surface area contributed by atoms with Crippen LogP contribution in [0.1, 0.15) is 19.8 Å². The average molecular weight is 292 g/mol. The van der Waals surface area contributed by atoms with Gasteiger partial charge >= 0.3 is 0 Å². The summed E-state index contributed by atoms with van der Waals surface area (Å²) in [7, 11) is 3.55. The van der Waals surface area contributed by atoms with Gasteiger partial charge in [-0.25, -0.2) is 0 Å². The summed E-state index contributed by atoms with van der Waals surface area (Å²) in [6.07, 6.45) is 2.45. The highest BCUT2D eigenvalue weighted by Crippen LogP contribution is 2.31. The molecule has 1 atom stereocenters. The molecule has 6 heteroatoms. The molecule has 1 heterocycles. The molecule has 1 unspecified atom stereocenters. The minimum Gasteiger partial charge on any atom is -0.476 e. The molecule has 1 aliphatic carbocycles. The summed E-state index contributed by atoms with van der Waals surface area (Å²) < 4.78 is 5.68. The van der Waals surface area contributed by atoms with Gasteiger partial charge in [0.25, 0.3) is 0 Å². The molecule has 0 aliphatic heterocycles. The molecular weight excluding hydrogens is 268 g/mol. The van der Waals surface area contributed by atoms with E-state index in [0.29, 0.717) is 30.6 Å². The van der Waals surface area contributed by atoms with Gasteiger partial charge in [-0.3, -0.25) is 4.79 Å². The van der Waals surface area contributed by atoms with Crippen molar-refractivity contribution in [1.29, 1.82) is 0 Å². The second-order valence-corrected chi connectivity index (χ2v) is 5.71. The Balaban J connectivity index is 2.00. The van der Waals surface area contributed by atoms with E-state index in [0.717, 1.165) is 5.82 Å². The Hall–Kier alpha value is -1.98. The Kier molecular flexibility index (Phi) is 4.88. The maximum Gasteiger partial charge on any atom is 0.239 e. The van der Waals surface area contributed by atoms with Crippen LogP contribution in [0.4, 0.5) is 11.5 Å². The highest BCUT2D eigenvalue weighted by Gasteiger charge is 2.23. The van der Waals surface area contributed by atoms with Crippen molar-refractivity contribution < 1.29 is 9.53 Å². The number of amides is 1. The van der Waals surface area contributed by atoms with Crippen molar-refractivity contribution >= 4 is 17.4 Å². The molecule has 0 bridgehead atoms. The van der Waals surface area contributed by atoms with E-state index in [2.05, 4.69) is 10.3 Å². The topological polar surface area (TPSA) is 80.5 Å². The van der Waals surface area contributed by atoms with Crippen molar-refractivity contribution in [3.05, 3.63) is 12.1 Å². The molecule has 2 rings (SSSR count).